The van der Waals surface area contributed by atoms with Gasteiger partial charge in [0.1, 0.15) is 0 Å². The smallest absolute Gasteiger partial charge is 0.153 e. The Bertz CT molecular complexity index is 201. The number of hydrogen-bond acceptors (Lipinski definition) is 2. The van der Waals surface area contributed by atoms with Crippen LogP contribution < -0.4 is 0 Å². The zero-order chi connectivity index (χ0) is 7.56. The minimum absolute atomic E-state index is 0.0295. The Morgan fingerprint density at radius 2 is 2.20 bits per heavy atom. The van der Waals surface area contributed by atoms with Gasteiger partial charge in [-0.25, -0.2) is 0 Å². The first-order valence-electron chi connectivity index (χ1n) is 3.17. The second-order valence-corrected chi connectivity index (χ2v) is 2.28. The lowest BCUT2D eigenvalue weighted by Crippen LogP contribution is -2.00. The van der Waals surface area contributed by atoms with Gasteiger partial charge in [0, 0.05) is 5.92 Å². The quantitative estimate of drug-likeness (QED) is 0.544. The molecule has 0 aromatic rings. The summed E-state index contributed by atoms with van der Waals surface area (Å²) in [5.74, 6) is 0.0881. The SMILES string of the molecule is C=C[C@H]1C=C(O)C(O)=CC1. The highest BCUT2D eigenvalue weighted by atomic mass is 16.3. The van der Waals surface area contributed by atoms with Crippen LogP contribution in [-0.2, 0) is 0 Å². The summed E-state index contributed by atoms with van der Waals surface area (Å²) in [6, 6.07) is 0. The van der Waals surface area contributed by atoms with Crippen LogP contribution in [0.1, 0.15) is 6.42 Å². The van der Waals surface area contributed by atoms with Crippen LogP contribution in [0, 0.1) is 5.92 Å². The molecular weight excluding hydrogens is 128 g/mol. The van der Waals surface area contributed by atoms with Gasteiger partial charge in [0.2, 0.25) is 0 Å². The molecule has 2 N–H and O–H groups in total. The maximum Gasteiger partial charge on any atom is 0.153 e. The molecule has 0 amide bonds. The predicted octanol–water partition coefficient (Wildman–Crippen LogP) is 2.08. The maximum atomic E-state index is 8.97. The van der Waals surface area contributed by atoms with Crippen LogP contribution in [0.3, 0.4) is 0 Å². The zero-order valence-corrected chi connectivity index (χ0v) is 5.62. The van der Waals surface area contributed by atoms with Gasteiger partial charge in [-0.2, -0.15) is 0 Å². The molecule has 2 nitrogen and oxygen atoms in total. The molecule has 0 radical (unpaired) electrons. The summed E-state index contributed by atoms with van der Waals surface area (Å²) in [4.78, 5) is 0. The standard InChI is InChI=1S/C8H10O2/c1-2-6-3-4-7(9)8(10)5-6/h2,4-6,9-10H,1,3H2/t6-/m1/s1. The van der Waals surface area contributed by atoms with Crippen molar-refractivity contribution in [2.45, 2.75) is 6.42 Å². The third-order valence-electron chi connectivity index (χ3n) is 1.52. The first-order valence-corrected chi connectivity index (χ1v) is 3.17. The summed E-state index contributed by atoms with van der Waals surface area (Å²) in [5, 5.41) is 17.9. The summed E-state index contributed by atoms with van der Waals surface area (Å²) < 4.78 is 0. The molecule has 0 heterocycles. The topological polar surface area (TPSA) is 40.5 Å². The Hall–Kier alpha value is -1.18. The monoisotopic (exact) mass is 138 g/mol. The highest BCUT2D eigenvalue weighted by Gasteiger charge is 2.10. The zero-order valence-electron chi connectivity index (χ0n) is 5.62. The van der Waals surface area contributed by atoms with Crippen molar-refractivity contribution in [2.75, 3.05) is 0 Å². The minimum Gasteiger partial charge on any atom is -0.504 e. The molecule has 0 aromatic carbocycles. The van der Waals surface area contributed by atoms with Gasteiger partial charge in [-0.05, 0) is 18.6 Å². The molecule has 1 aliphatic carbocycles. The van der Waals surface area contributed by atoms with Gasteiger partial charge in [0.05, 0.1) is 0 Å². The van der Waals surface area contributed by atoms with E-state index in [4.69, 9.17) is 10.2 Å². The molecule has 0 bridgehead atoms. The molecule has 0 saturated heterocycles. The summed E-state index contributed by atoms with van der Waals surface area (Å²) in [7, 11) is 0. The van der Waals surface area contributed by atoms with E-state index in [0.717, 1.165) is 6.42 Å². The van der Waals surface area contributed by atoms with E-state index in [1.807, 2.05) is 0 Å². The van der Waals surface area contributed by atoms with Gasteiger partial charge in [-0.15, -0.1) is 6.58 Å². The fourth-order valence-corrected chi connectivity index (χ4v) is 0.873. The Labute approximate surface area is 59.8 Å². The summed E-state index contributed by atoms with van der Waals surface area (Å²) in [6.45, 7) is 3.58. The van der Waals surface area contributed by atoms with Crippen molar-refractivity contribution in [3.63, 3.8) is 0 Å². The molecule has 1 aliphatic rings. The molecule has 0 spiro atoms. The largest absolute Gasteiger partial charge is 0.504 e. The molecule has 54 valence electrons. The fourth-order valence-electron chi connectivity index (χ4n) is 0.873. The molecule has 1 rings (SSSR count). The first-order chi connectivity index (χ1) is 4.74. The lowest BCUT2D eigenvalue weighted by atomic mass is 9.99. The lowest BCUT2D eigenvalue weighted by Gasteiger charge is -2.10. The second kappa shape index (κ2) is 2.60. The Kier molecular flexibility index (Phi) is 1.81. The van der Waals surface area contributed by atoms with Crippen molar-refractivity contribution in [2.24, 2.45) is 5.92 Å². The third-order valence-corrected chi connectivity index (χ3v) is 1.52. The van der Waals surface area contributed by atoms with E-state index in [-0.39, 0.29) is 17.4 Å². The second-order valence-electron chi connectivity index (χ2n) is 2.28. The number of aliphatic hydroxyl groups is 2. The molecule has 0 aromatic heterocycles. The van der Waals surface area contributed by atoms with E-state index in [0.29, 0.717) is 0 Å². The number of hydrogen-bond donors (Lipinski definition) is 2. The van der Waals surface area contributed by atoms with E-state index in [2.05, 4.69) is 6.58 Å². The van der Waals surface area contributed by atoms with E-state index in [1.54, 1.807) is 18.2 Å². The Morgan fingerprint density at radius 3 is 2.70 bits per heavy atom. The van der Waals surface area contributed by atoms with Crippen LogP contribution in [0.2, 0.25) is 0 Å². The normalized spacial score (nSPS) is 25.0. The average molecular weight is 138 g/mol. The van der Waals surface area contributed by atoms with Crippen molar-refractivity contribution in [1.82, 2.24) is 0 Å². The van der Waals surface area contributed by atoms with Crippen LogP contribution in [0.4, 0.5) is 0 Å². The van der Waals surface area contributed by atoms with Gasteiger partial charge >= 0.3 is 0 Å². The van der Waals surface area contributed by atoms with E-state index < -0.39 is 0 Å². The number of allylic oxidation sites excluding steroid dienone is 3. The van der Waals surface area contributed by atoms with Crippen LogP contribution in [0.5, 0.6) is 0 Å². The molecule has 2 heteroatoms. The van der Waals surface area contributed by atoms with Gasteiger partial charge < -0.3 is 10.2 Å². The van der Waals surface area contributed by atoms with Crippen LogP contribution in [0.25, 0.3) is 0 Å². The molecule has 0 saturated carbocycles. The molecule has 0 aliphatic heterocycles. The Morgan fingerprint density at radius 1 is 1.50 bits per heavy atom. The van der Waals surface area contributed by atoms with Gasteiger partial charge in [0.25, 0.3) is 0 Å². The van der Waals surface area contributed by atoms with Crippen molar-refractivity contribution in [1.29, 1.82) is 0 Å². The van der Waals surface area contributed by atoms with Crippen LogP contribution in [-0.4, -0.2) is 10.2 Å². The van der Waals surface area contributed by atoms with Crippen molar-refractivity contribution in [3.05, 3.63) is 36.3 Å². The first kappa shape index (κ1) is 6.93. The van der Waals surface area contributed by atoms with E-state index in [9.17, 15) is 0 Å². The highest BCUT2D eigenvalue weighted by molar-refractivity contribution is 5.24. The minimum atomic E-state index is -0.0452. The summed E-state index contributed by atoms with van der Waals surface area (Å²) in [6.07, 6.45) is 5.63. The molecule has 0 unspecified atom stereocenters. The molecular formula is C8H10O2. The van der Waals surface area contributed by atoms with Crippen molar-refractivity contribution in [3.8, 4) is 0 Å². The van der Waals surface area contributed by atoms with Gasteiger partial charge in [-0.1, -0.05) is 6.08 Å². The molecule has 0 fully saturated rings. The maximum absolute atomic E-state index is 8.97. The number of rotatable bonds is 1. The number of aliphatic hydroxyl groups excluding tert-OH is 2. The van der Waals surface area contributed by atoms with E-state index in [1.165, 1.54) is 0 Å². The summed E-state index contributed by atoms with van der Waals surface area (Å²) >= 11 is 0. The molecule has 10 heavy (non-hydrogen) atoms. The van der Waals surface area contributed by atoms with Crippen molar-refractivity contribution >= 4 is 0 Å². The third kappa shape index (κ3) is 1.21. The van der Waals surface area contributed by atoms with Gasteiger partial charge in [0.15, 0.2) is 11.5 Å². The van der Waals surface area contributed by atoms with Gasteiger partial charge in [-0.3, -0.25) is 0 Å². The van der Waals surface area contributed by atoms with Crippen LogP contribution >= 0.6 is 0 Å². The lowest BCUT2D eigenvalue weighted by molar-refractivity contribution is 0.316. The van der Waals surface area contributed by atoms with Crippen LogP contribution in [0.15, 0.2) is 36.3 Å². The Balaban J connectivity index is 2.75. The summed E-state index contributed by atoms with van der Waals surface area (Å²) in [5.41, 5.74) is 0. The predicted molar refractivity (Wildman–Crippen MR) is 39.7 cm³/mol. The van der Waals surface area contributed by atoms with E-state index >= 15 is 0 Å². The van der Waals surface area contributed by atoms with Crippen molar-refractivity contribution < 1.29 is 10.2 Å². The average Bonchev–Trinajstić information content (AvgIpc) is 1.95. The highest BCUT2D eigenvalue weighted by Crippen LogP contribution is 2.19. The molecule has 1 atom stereocenters. The fraction of sp³-hybridized carbons (Fsp3) is 0.250.